The highest BCUT2D eigenvalue weighted by Crippen LogP contribution is 2.23. The van der Waals surface area contributed by atoms with Crippen LogP contribution in [0.4, 0.5) is 5.69 Å². The molecule has 16 heavy (non-hydrogen) atoms. The number of benzene rings is 1. The van der Waals surface area contributed by atoms with E-state index in [4.69, 9.17) is 17.3 Å². The van der Waals surface area contributed by atoms with E-state index in [0.29, 0.717) is 17.3 Å². The first-order valence-electron chi connectivity index (χ1n) is 5.53. The van der Waals surface area contributed by atoms with Crippen LogP contribution >= 0.6 is 11.6 Å². The highest BCUT2D eigenvalue weighted by atomic mass is 35.5. The molecular weight excluding hydrogens is 224 g/mol. The number of aliphatic hydroxyl groups excluding tert-OH is 1. The van der Waals surface area contributed by atoms with Crippen molar-refractivity contribution in [2.24, 2.45) is 0 Å². The zero-order valence-electron chi connectivity index (χ0n) is 9.78. The third-order valence-electron chi connectivity index (χ3n) is 2.73. The van der Waals surface area contributed by atoms with Gasteiger partial charge in [-0.1, -0.05) is 31.5 Å². The van der Waals surface area contributed by atoms with Gasteiger partial charge in [0.25, 0.3) is 0 Å². The molecule has 0 heterocycles. The number of hydrogen-bond donors (Lipinski definition) is 2. The SMILES string of the molecule is CCN(CC)CC(O)c1ccc(Cl)c(N)c1. The first kappa shape index (κ1) is 13.3. The molecule has 0 radical (unpaired) electrons. The molecule has 0 bridgehead atoms. The second-order valence-electron chi connectivity index (χ2n) is 3.78. The van der Waals surface area contributed by atoms with Gasteiger partial charge in [0.05, 0.1) is 16.8 Å². The van der Waals surface area contributed by atoms with Crippen LogP contribution in [-0.2, 0) is 0 Å². The molecule has 4 heteroatoms. The predicted molar refractivity (Wildman–Crippen MR) is 68.6 cm³/mol. The minimum absolute atomic E-state index is 0.512. The van der Waals surface area contributed by atoms with E-state index in [-0.39, 0.29) is 0 Å². The van der Waals surface area contributed by atoms with E-state index in [1.54, 1.807) is 12.1 Å². The van der Waals surface area contributed by atoms with Crippen LogP contribution < -0.4 is 5.73 Å². The van der Waals surface area contributed by atoms with Crippen LogP contribution in [0.5, 0.6) is 0 Å². The Morgan fingerprint density at radius 2 is 2.00 bits per heavy atom. The van der Waals surface area contributed by atoms with E-state index < -0.39 is 6.10 Å². The Balaban J connectivity index is 2.72. The van der Waals surface area contributed by atoms with Crippen molar-refractivity contribution in [2.75, 3.05) is 25.4 Å². The lowest BCUT2D eigenvalue weighted by atomic mass is 10.1. The maximum atomic E-state index is 10.0. The lowest BCUT2D eigenvalue weighted by Crippen LogP contribution is -2.28. The molecule has 1 aromatic carbocycles. The summed E-state index contributed by atoms with van der Waals surface area (Å²) in [7, 11) is 0. The van der Waals surface area contributed by atoms with Gasteiger partial charge in [-0.3, -0.25) is 0 Å². The number of rotatable bonds is 5. The highest BCUT2D eigenvalue weighted by Gasteiger charge is 2.12. The zero-order valence-corrected chi connectivity index (χ0v) is 10.5. The Bertz CT molecular complexity index is 340. The van der Waals surface area contributed by atoms with Gasteiger partial charge in [0.2, 0.25) is 0 Å². The van der Waals surface area contributed by atoms with Crippen LogP contribution in [-0.4, -0.2) is 29.6 Å². The summed E-state index contributed by atoms with van der Waals surface area (Å²) in [5, 5.41) is 10.6. The van der Waals surface area contributed by atoms with E-state index in [1.165, 1.54) is 0 Å². The molecule has 0 spiro atoms. The van der Waals surface area contributed by atoms with Crippen molar-refractivity contribution in [2.45, 2.75) is 20.0 Å². The normalized spacial score (nSPS) is 13.1. The van der Waals surface area contributed by atoms with Crippen molar-refractivity contribution in [1.82, 2.24) is 4.90 Å². The summed E-state index contributed by atoms with van der Waals surface area (Å²) >= 11 is 5.83. The summed E-state index contributed by atoms with van der Waals surface area (Å²) in [6.07, 6.45) is -0.514. The number of hydrogen-bond acceptors (Lipinski definition) is 3. The molecule has 0 fully saturated rings. The van der Waals surface area contributed by atoms with Crippen molar-refractivity contribution >= 4 is 17.3 Å². The molecule has 0 aromatic heterocycles. The molecule has 1 aromatic rings. The first-order valence-corrected chi connectivity index (χ1v) is 5.91. The monoisotopic (exact) mass is 242 g/mol. The van der Waals surface area contributed by atoms with Crippen LogP contribution in [0.3, 0.4) is 0 Å². The van der Waals surface area contributed by atoms with Gasteiger partial charge < -0.3 is 15.7 Å². The van der Waals surface area contributed by atoms with Crippen molar-refractivity contribution in [3.05, 3.63) is 28.8 Å². The quantitative estimate of drug-likeness (QED) is 0.779. The van der Waals surface area contributed by atoms with E-state index in [1.807, 2.05) is 6.07 Å². The third-order valence-corrected chi connectivity index (χ3v) is 3.07. The summed E-state index contributed by atoms with van der Waals surface area (Å²) < 4.78 is 0. The lowest BCUT2D eigenvalue weighted by Gasteiger charge is -2.22. The fourth-order valence-corrected chi connectivity index (χ4v) is 1.72. The molecule has 0 saturated heterocycles. The van der Waals surface area contributed by atoms with Gasteiger partial charge in [-0.05, 0) is 30.8 Å². The summed E-state index contributed by atoms with van der Waals surface area (Å²) in [4.78, 5) is 2.16. The van der Waals surface area contributed by atoms with E-state index in [0.717, 1.165) is 18.7 Å². The molecule has 0 saturated carbocycles. The Morgan fingerprint density at radius 1 is 1.38 bits per heavy atom. The summed E-state index contributed by atoms with van der Waals surface area (Å²) in [5.41, 5.74) is 7.02. The molecule has 1 unspecified atom stereocenters. The standard InChI is InChI=1S/C12H19ClN2O/c1-3-15(4-2)8-12(16)9-5-6-10(13)11(14)7-9/h5-7,12,16H,3-4,8,14H2,1-2H3. The maximum absolute atomic E-state index is 10.0. The number of halogens is 1. The minimum Gasteiger partial charge on any atom is -0.398 e. The maximum Gasteiger partial charge on any atom is 0.0917 e. The molecule has 0 aliphatic carbocycles. The van der Waals surface area contributed by atoms with Crippen molar-refractivity contribution in [1.29, 1.82) is 0 Å². The molecule has 3 N–H and O–H groups in total. The molecule has 3 nitrogen and oxygen atoms in total. The van der Waals surface area contributed by atoms with Gasteiger partial charge in [0.1, 0.15) is 0 Å². The Morgan fingerprint density at radius 3 is 2.50 bits per heavy atom. The van der Waals surface area contributed by atoms with Crippen LogP contribution in [0.25, 0.3) is 0 Å². The number of nitrogens with two attached hydrogens (primary N) is 1. The molecule has 0 aliphatic rings. The molecule has 0 amide bonds. The fraction of sp³-hybridized carbons (Fsp3) is 0.500. The summed E-state index contributed by atoms with van der Waals surface area (Å²) in [6, 6.07) is 5.26. The Labute approximate surface area is 102 Å². The molecule has 1 atom stereocenters. The number of nitrogen functional groups attached to an aromatic ring is 1. The predicted octanol–water partition coefficient (Wildman–Crippen LogP) is 2.30. The van der Waals surface area contributed by atoms with E-state index in [2.05, 4.69) is 18.7 Å². The average Bonchev–Trinajstić information content (AvgIpc) is 2.29. The van der Waals surface area contributed by atoms with E-state index >= 15 is 0 Å². The molecular formula is C12H19ClN2O. The average molecular weight is 243 g/mol. The van der Waals surface area contributed by atoms with Gasteiger partial charge in [0, 0.05) is 6.54 Å². The Hall–Kier alpha value is -0.770. The van der Waals surface area contributed by atoms with Gasteiger partial charge >= 0.3 is 0 Å². The van der Waals surface area contributed by atoms with Gasteiger partial charge in [0.15, 0.2) is 0 Å². The Kier molecular flexibility index (Phi) is 5.06. The second kappa shape index (κ2) is 6.09. The topological polar surface area (TPSA) is 49.5 Å². The molecule has 90 valence electrons. The number of likely N-dealkylation sites (N-methyl/N-ethyl adjacent to an activating group) is 1. The van der Waals surface area contributed by atoms with Crippen LogP contribution in [0.1, 0.15) is 25.5 Å². The number of nitrogens with zero attached hydrogens (tertiary/aromatic N) is 1. The van der Waals surface area contributed by atoms with Crippen LogP contribution in [0.15, 0.2) is 18.2 Å². The molecule has 0 aliphatic heterocycles. The lowest BCUT2D eigenvalue weighted by molar-refractivity contribution is 0.119. The fourth-order valence-electron chi connectivity index (χ4n) is 1.60. The smallest absolute Gasteiger partial charge is 0.0917 e. The van der Waals surface area contributed by atoms with E-state index in [9.17, 15) is 5.11 Å². The highest BCUT2D eigenvalue weighted by molar-refractivity contribution is 6.33. The second-order valence-corrected chi connectivity index (χ2v) is 4.19. The third kappa shape index (κ3) is 3.37. The first-order chi connectivity index (χ1) is 7.58. The summed E-state index contributed by atoms with van der Waals surface area (Å²) in [5.74, 6) is 0. The number of aliphatic hydroxyl groups is 1. The largest absolute Gasteiger partial charge is 0.398 e. The van der Waals surface area contributed by atoms with Crippen molar-refractivity contribution in [3.8, 4) is 0 Å². The van der Waals surface area contributed by atoms with Gasteiger partial charge in [-0.2, -0.15) is 0 Å². The van der Waals surface area contributed by atoms with Crippen molar-refractivity contribution in [3.63, 3.8) is 0 Å². The number of anilines is 1. The van der Waals surface area contributed by atoms with Gasteiger partial charge in [-0.15, -0.1) is 0 Å². The summed E-state index contributed by atoms with van der Waals surface area (Å²) in [6.45, 7) is 6.63. The van der Waals surface area contributed by atoms with Crippen LogP contribution in [0.2, 0.25) is 5.02 Å². The minimum atomic E-state index is -0.514. The molecule has 1 rings (SSSR count). The van der Waals surface area contributed by atoms with Gasteiger partial charge in [-0.25, -0.2) is 0 Å². The zero-order chi connectivity index (χ0) is 12.1. The van der Waals surface area contributed by atoms with Crippen LogP contribution in [0, 0.1) is 0 Å². The van der Waals surface area contributed by atoms with Crippen molar-refractivity contribution < 1.29 is 5.11 Å².